The number of alkyl halides is 3. The van der Waals surface area contributed by atoms with Crippen molar-refractivity contribution in [1.29, 1.82) is 0 Å². The molecule has 0 aliphatic carbocycles. The lowest BCUT2D eigenvalue weighted by molar-refractivity contribution is -0.178. The van der Waals surface area contributed by atoms with E-state index in [1.807, 2.05) is 0 Å². The van der Waals surface area contributed by atoms with E-state index in [0.717, 1.165) is 17.9 Å². The highest BCUT2D eigenvalue weighted by Gasteiger charge is 2.42. The van der Waals surface area contributed by atoms with Gasteiger partial charge < -0.3 is 14.7 Å². The largest absolute Gasteiger partial charge is 0.480 e. The molecule has 0 aromatic heterocycles. The number of halogens is 4. The average Bonchev–Trinajstić information content (AvgIpc) is 2.86. The maximum atomic E-state index is 12.7. The summed E-state index contributed by atoms with van der Waals surface area (Å²) < 4.78 is 43.6. The van der Waals surface area contributed by atoms with E-state index in [1.165, 1.54) is 0 Å². The summed E-state index contributed by atoms with van der Waals surface area (Å²) in [5.41, 5.74) is 0. The first kappa shape index (κ1) is 19.1. The SMILES string of the molecule is CC(CC(C(=O)O)N1CC(Oc2ccccc2Cl)=CC1=O)C(F)(F)F. The third-order valence-electron chi connectivity index (χ3n) is 3.77. The lowest BCUT2D eigenvalue weighted by atomic mass is 10.00. The summed E-state index contributed by atoms with van der Waals surface area (Å²) in [6.07, 6.45) is -4.23. The van der Waals surface area contributed by atoms with Crippen LogP contribution in [0.3, 0.4) is 0 Å². The van der Waals surface area contributed by atoms with Gasteiger partial charge in [-0.25, -0.2) is 4.79 Å². The Morgan fingerprint density at radius 2 is 2.04 bits per heavy atom. The lowest BCUT2D eigenvalue weighted by Crippen LogP contribution is -2.45. The first-order chi connectivity index (χ1) is 11.6. The third-order valence-corrected chi connectivity index (χ3v) is 4.08. The normalized spacial score (nSPS) is 17.2. The minimum absolute atomic E-state index is 0.115. The lowest BCUT2D eigenvalue weighted by Gasteiger charge is -2.27. The van der Waals surface area contributed by atoms with E-state index in [4.69, 9.17) is 16.3 Å². The number of nitrogens with zero attached hydrogens (tertiary/aromatic N) is 1. The van der Waals surface area contributed by atoms with Gasteiger partial charge in [0.1, 0.15) is 17.6 Å². The second-order valence-corrected chi connectivity index (χ2v) is 6.05. The Labute approximate surface area is 146 Å². The standard InChI is InChI=1S/C16H15ClF3NO4/c1-9(16(18,19)20)6-12(15(23)24)21-8-10(7-14(21)22)25-13-5-3-2-4-11(13)17/h2-5,7,9,12H,6,8H2,1H3,(H,23,24). The zero-order valence-corrected chi connectivity index (χ0v) is 13.8. The van der Waals surface area contributed by atoms with E-state index in [1.54, 1.807) is 24.3 Å². The Kier molecular flexibility index (Phi) is 5.62. The van der Waals surface area contributed by atoms with Crippen LogP contribution in [-0.2, 0) is 9.59 Å². The van der Waals surface area contributed by atoms with Crippen molar-refractivity contribution in [2.75, 3.05) is 6.54 Å². The molecule has 5 nitrogen and oxygen atoms in total. The van der Waals surface area contributed by atoms with Crippen LogP contribution in [0.2, 0.25) is 5.02 Å². The Bertz CT molecular complexity index is 705. The molecule has 0 fully saturated rings. The molecule has 1 heterocycles. The van der Waals surface area contributed by atoms with Crippen LogP contribution in [-0.4, -0.2) is 40.6 Å². The molecule has 1 aromatic rings. The quantitative estimate of drug-likeness (QED) is 0.824. The van der Waals surface area contributed by atoms with Crippen molar-refractivity contribution in [3.63, 3.8) is 0 Å². The molecule has 9 heteroatoms. The van der Waals surface area contributed by atoms with Gasteiger partial charge in [-0.2, -0.15) is 13.2 Å². The molecule has 0 bridgehead atoms. The minimum atomic E-state index is -4.54. The Morgan fingerprint density at radius 3 is 2.60 bits per heavy atom. The van der Waals surface area contributed by atoms with Gasteiger partial charge >= 0.3 is 12.1 Å². The summed E-state index contributed by atoms with van der Waals surface area (Å²) >= 11 is 5.94. The highest BCUT2D eigenvalue weighted by Crippen LogP contribution is 2.32. The summed E-state index contributed by atoms with van der Waals surface area (Å²) in [6, 6.07) is 4.84. The molecule has 0 radical (unpaired) electrons. The zero-order valence-electron chi connectivity index (χ0n) is 13.1. The van der Waals surface area contributed by atoms with Crippen molar-refractivity contribution in [1.82, 2.24) is 4.90 Å². The van der Waals surface area contributed by atoms with Crippen LogP contribution in [0.1, 0.15) is 13.3 Å². The molecule has 2 rings (SSSR count). The van der Waals surface area contributed by atoms with Crippen molar-refractivity contribution in [3.8, 4) is 5.75 Å². The summed E-state index contributed by atoms with van der Waals surface area (Å²) in [5.74, 6) is -3.71. The third kappa shape index (κ3) is 4.66. The predicted octanol–water partition coefficient (Wildman–Crippen LogP) is 3.49. The van der Waals surface area contributed by atoms with Gasteiger partial charge in [0.25, 0.3) is 5.91 Å². The van der Waals surface area contributed by atoms with Crippen molar-refractivity contribution >= 4 is 23.5 Å². The minimum Gasteiger partial charge on any atom is -0.480 e. The monoisotopic (exact) mass is 377 g/mol. The Hall–Kier alpha value is -2.22. The summed E-state index contributed by atoms with van der Waals surface area (Å²) in [6.45, 7) is 0.636. The highest BCUT2D eigenvalue weighted by molar-refractivity contribution is 6.32. The van der Waals surface area contributed by atoms with Gasteiger partial charge in [0.05, 0.1) is 17.5 Å². The van der Waals surface area contributed by atoms with Gasteiger partial charge in [-0.1, -0.05) is 30.7 Å². The number of hydrogen-bond acceptors (Lipinski definition) is 3. The molecule has 2 unspecified atom stereocenters. The van der Waals surface area contributed by atoms with Crippen LogP contribution in [0.15, 0.2) is 36.1 Å². The average molecular weight is 378 g/mol. The maximum absolute atomic E-state index is 12.7. The molecule has 25 heavy (non-hydrogen) atoms. The van der Waals surface area contributed by atoms with Gasteiger partial charge in [0, 0.05) is 6.08 Å². The highest BCUT2D eigenvalue weighted by atomic mass is 35.5. The molecule has 1 aromatic carbocycles. The molecule has 1 aliphatic rings. The number of benzene rings is 1. The number of aliphatic carboxylic acids is 1. The van der Waals surface area contributed by atoms with Crippen molar-refractivity contribution in [2.45, 2.75) is 25.6 Å². The van der Waals surface area contributed by atoms with Gasteiger partial charge in [0.15, 0.2) is 0 Å². The first-order valence-corrected chi connectivity index (χ1v) is 7.70. The number of carboxylic acids is 1. The van der Waals surface area contributed by atoms with Gasteiger partial charge in [-0.15, -0.1) is 0 Å². The molecular formula is C16H15ClF3NO4. The first-order valence-electron chi connectivity index (χ1n) is 7.32. The number of ether oxygens (including phenoxy) is 1. The molecule has 0 saturated carbocycles. The number of rotatable bonds is 6. The van der Waals surface area contributed by atoms with E-state index in [9.17, 15) is 27.9 Å². The molecule has 1 amide bonds. The fourth-order valence-electron chi connectivity index (χ4n) is 2.34. The van der Waals surface area contributed by atoms with Crippen molar-refractivity contribution in [2.24, 2.45) is 5.92 Å². The predicted molar refractivity (Wildman–Crippen MR) is 83.1 cm³/mol. The summed E-state index contributed by atoms with van der Waals surface area (Å²) in [5, 5.41) is 9.53. The van der Waals surface area contributed by atoms with Gasteiger partial charge in [-0.05, 0) is 18.6 Å². The number of hydrogen-bond donors (Lipinski definition) is 1. The van der Waals surface area contributed by atoms with Crippen LogP contribution >= 0.6 is 11.6 Å². The summed E-state index contributed by atoms with van der Waals surface area (Å²) in [7, 11) is 0. The smallest absolute Gasteiger partial charge is 0.391 e. The molecule has 1 N–H and O–H groups in total. The molecule has 2 atom stereocenters. The number of carboxylic acid groups (broad SMARTS) is 1. The van der Waals surface area contributed by atoms with Crippen LogP contribution in [0, 0.1) is 5.92 Å². The molecule has 1 aliphatic heterocycles. The molecule has 0 saturated heterocycles. The van der Waals surface area contributed by atoms with Gasteiger partial charge in [-0.3, -0.25) is 4.79 Å². The van der Waals surface area contributed by atoms with Crippen molar-refractivity contribution in [3.05, 3.63) is 41.1 Å². The number of carbonyl (C=O) groups excluding carboxylic acids is 1. The van der Waals surface area contributed by atoms with E-state index in [-0.39, 0.29) is 23.1 Å². The van der Waals surface area contributed by atoms with Crippen LogP contribution < -0.4 is 4.74 Å². The number of amides is 1. The fraction of sp³-hybridized carbons (Fsp3) is 0.375. The Morgan fingerprint density at radius 1 is 1.40 bits per heavy atom. The van der Waals surface area contributed by atoms with E-state index >= 15 is 0 Å². The van der Waals surface area contributed by atoms with Crippen LogP contribution in [0.4, 0.5) is 13.2 Å². The maximum Gasteiger partial charge on any atom is 0.391 e. The van der Waals surface area contributed by atoms with E-state index in [0.29, 0.717) is 0 Å². The van der Waals surface area contributed by atoms with Crippen LogP contribution in [0.25, 0.3) is 0 Å². The second kappa shape index (κ2) is 7.35. The molecular weight excluding hydrogens is 363 g/mol. The number of carbonyl (C=O) groups is 2. The number of para-hydroxylation sites is 1. The topological polar surface area (TPSA) is 66.8 Å². The van der Waals surface area contributed by atoms with Gasteiger partial charge in [0.2, 0.25) is 0 Å². The summed E-state index contributed by atoms with van der Waals surface area (Å²) in [4.78, 5) is 24.2. The molecule has 136 valence electrons. The second-order valence-electron chi connectivity index (χ2n) is 5.64. The van der Waals surface area contributed by atoms with Crippen LogP contribution in [0.5, 0.6) is 5.75 Å². The fourth-order valence-corrected chi connectivity index (χ4v) is 2.51. The van der Waals surface area contributed by atoms with E-state index in [2.05, 4.69) is 0 Å². The van der Waals surface area contributed by atoms with Crippen molar-refractivity contribution < 1.29 is 32.6 Å². The zero-order chi connectivity index (χ0) is 18.8. The van der Waals surface area contributed by atoms with E-state index < -0.39 is 36.4 Å². The Balaban J connectivity index is 2.11. The molecule has 0 spiro atoms.